The van der Waals surface area contributed by atoms with Gasteiger partial charge < -0.3 is 9.52 Å². The Kier molecular flexibility index (Phi) is 3.65. The first-order chi connectivity index (χ1) is 10.2. The third-order valence-electron chi connectivity index (χ3n) is 2.79. The van der Waals surface area contributed by atoms with Crippen molar-refractivity contribution in [1.82, 2.24) is 15.2 Å². The Bertz CT molecular complexity index is 757. The normalized spacial score (nSPS) is 11.7. The number of thiophene rings is 1. The zero-order valence-corrected chi connectivity index (χ0v) is 11.6. The Labute approximate surface area is 123 Å². The van der Waals surface area contributed by atoms with Gasteiger partial charge in [-0.2, -0.15) is 16.4 Å². The maximum Gasteiger partial charge on any atom is 0.224 e. The summed E-state index contributed by atoms with van der Waals surface area (Å²) in [5.41, 5.74) is 1.13. The van der Waals surface area contributed by atoms with E-state index < -0.39 is 5.78 Å². The van der Waals surface area contributed by atoms with Crippen LogP contribution in [0, 0.1) is 0 Å². The molecule has 7 heteroatoms. The van der Waals surface area contributed by atoms with Crippen LogP contribution in [0.4, 0.5) is 0 Å². The van der Waals surface area contributed by atoms with Crippen LogP contribution in [0.25, 0.3) is 5.76 Å². The van der Waals surface area contributed by atoms with Crippen molar-refractivity contribution in [3.05, 3.63) is 64.3 Å². The fraction of sp³-hybridized carbons (Fsp3) is 0.0714. The van der Waals surface area contributed by atoms with E-state index in [1.165, 1.54) is 6.33 Å². The van der Waals surface area contributed by atoms with Crippen molar-refractivity contribution in [2.45, 2.75) is 6.42 Å². The zero-order chi connectivity index (χ0) is 14.7. The van der Waals surface area contributed by atoms with Gasteiger partial charge in [0.2, 0.25) is 5.78 Å². The van der Waals surface area contributed by atoms with Crippen LogP contribution < -0.4 is 0 Å². The molecule has 3 aromatic rings. The number of H-pyrrole nitrogens is 1. The quantitative estimate of drug-likeness (QED) is 0.429. The Morgan fingerprint density at radius 3 is 3.05 bits per heavy atom. The van der Waals surface area contributed by atoms with Crippen LogP contribution in [0.5, 0.6) is 0 Å². The number of nitrogens with zero attached hydrogens (tertiary/aromatic N) is 2. The molecule has 0 spiro atoms. The molecule has 0 bridgehead atoms. The first kappa shape index (κ1) is 13.3. The summed E-state index contributed by atoms with van der Waals surface area (Å²) >= 11 is 1.61. The average molecular weight is 301 g/mol. The van der Waals surface area contributed by atoms with E-state index in [0.717, 1.165) is 11.6 Å². The minimum Gasteiger partial charge on any atom is -0.504 e. The van der Waals surface area contributed by atoms with E-state index in [1.807, 2.05) is 16.8 Å². The number of carbonyl (C=O) groups is 1. The van der Waals surface area contributed by atoms with Crippen molar-refractivity contribution in [2.24, 2.45) is 0 Å². The van der Waals surface area contributed by atoms with E-state index in [4.69, 9.17) is 4.42 Å². The second kappa shape index (κ2) is 5.76. The smallest absolute Gasteiger partial charge is 0.224 e. The molecule has 3 heterocycles. The number of furan rings is 1. The molecule has 0 aliphatic rings. The highest BCUT2D eigenvalue weighted by Gasteiger charge is 2.12. The first-order valence-electron chi connectivity index (χ1n) is 6.13. The highest BCUT2D eigenvalue weighted by molar-refractivity contribution is 7.07. The third kappa shape index (κ3) is 3.09. The summed E-state index contributed by atoms with van der Waals surface area (Å²) in [4.78, 5) is 15.7. The minimum atomic E-state index is -0.430. The fourth-order valence-corrected chi connectivity index (χ4v) is 2.46. The highest BCUT2D eigenvalue weighted by Crippen LogP contribution is 2.17. The van der Waals surface area contributed by atoms with Gasteiger partial charge in [0.1, 0.15) is 12.1 Å². The van der Waals surface area contributed by atoms with E-state index in [0.29, 0.717) is 12.2 Å². The molecular formula is C14H11N3O3S. The number of aromatic amines is 1. The van der Waals surface area contributed by atoms with Gasteiger partial charge in [-0.3, -0.25) is 9.89 Å². The number of hydrogen-bond donors (Lipinski definition) is 2. The van der Waals surface area contributed by atoms with Crippen molar-refractivity contribution >= 4 is 22.9 Å². The lowest BCUT2D eigenvalue weighted by Gasteiger charge is -1.95. The predicted octanol–water partition coefficient (Wildman–Crippen LogP) is 2.83. The summed E-state index contributed by atoms with van der Waals surface area (Å²) in [7, 11) is 0. The van der Waals surface area contributed by atoms with Crippen molar-refractivity contribution in [3.63, 3.8) is 0 Å². The van der Waals surface area contributed by atoms with Crippen molar-refractivity contribution in [3.8, 4) is 0 Å². The number of carbonyl (C=O) groups excluding carboxylic acids is 1. The molecule has 0 saturated heterocycles. The average Bonchev–Trinajstić information content (AvgIpc) is 3.22. The largest absolute Gasteiger partial charge is 0.504 e. The number of aliphatic hydroxyl groups is 1. The number of aliphatic hydroxyl groups excluding tert-OH is 1. The number of nitrogens with one attached hydrogen (secondary N) is 1. The monoisotopic (exact) mass is 301 g/mol. The molecule has 106 valence electrons. The molecule has 21 heavy (non-hydrogen) atoms. The lowest BCUT2D eigenvalue weighted by atomic mass is 10.2. The summed E-state index contributed by atoms with van der Waals surface area (Å²) in [5, 5.41) is 19.8. The molecule has 0 saturated carbocycles. The number of hydrogen-bond acceptors (Lipinski definition) is 6. The molecule has 0 fully saturated rings. The van der Waals surface area contributed by atoms with Gasteiger partial charge in [0.25, 0.3) is 0 Å². The summed E-state index contributed by atoms with van der Waals surface area (Å²) in [5.74, 6) is 0.290. The number of ketones is 1. The van der Waals surface area contributed by atoms with Crippen LogP contribution in [-0.4, -0.2) is 26.1 Å². The van der Waals surface area contributed by atoms with Crippen LogP contribution in [0.15, 0.2) is 45.8 Å². The highest BCUT2D eigenvalue weighted by atomic mass is 32.1. The van der Waals surface area contributed by atoms with Gasteiger partial charge >= 0.3 is 0 Å². The second-order valence-corrected chi connectivity index (χ2v) is 5.08. The fourth-order valence-electron chi connectivity index (χ4n) is 1.79. The minimum absolute atomic E-state index is 0.133. The lowest BCUT2D eigenvalue weighted by Crippen LogP contribution is -1.96. The standard InChI is InChI=1S/C14H11N3O3S/c18-11(6-12(19)14-15-8-16-17-14)13-2-1-10(20-13)5-9-3-4-21-7-9/h1-4,6-8,19H,5H2,(H,15,16,17). The van der Waals surface area contributed by atoms with E-state index in [2.05, 4.69) is 15.2 Å². The third-order valence-corrected chi connectivity index (χ3v) is 3.52. The summed E-state index contributed by atoms with van der Waals surface area (Å²) in [6.45, 7) is 0. The predicted molar refractivity (Wildman–Crippen MR) is 77.2 cm³/mol. The number of aromatic nitrogens is 3. The maximum absolute atomic E-state index is 12.0. The zero-order valence-electron chi connectivity index (χ0n) is 10.8. The van der Waals surface area contributed by atoms with Crippen LogP contribution in [0.1, 0.15) is 27.7 Å². The Morgan fingerprint density at radius 1 is 1.43 bits per heavy atom. The van der Waals surface area contributed by atoms with E-state index in [1.54, 1.807) is 23.5 Å². The van der Waals surface area contributed by atoms with Gasteiger partial charge in [-0.05, 0) is 34.5 Å². The van der Waals surface area contributed by atoms with Crippen LogP contribution >= 0.6 is 11.3 Å². The molecule has 6 nitrogen and oxygen atoms in total. The molecule has 0 aromatic carbocycles. The van der Waals surface area contributed by atoms with Crippen LogP contribution in [0.2, 0.25) is 0 Å². The van der Waals surface area contributed by atoms with Crippen molar-refractivity contribution in [2.75, 3.05) is 0 Å². The van der Waals surface area contributed by atoms with Crippen LogP contribution in [0.3, 0.4) is 0 Å². The molecule has 3 aromatic heterocycles. The van der Waals surface area contributed by atoms with Gasteiger partial charge in [0.05, 0.1) is 0 Å². The molecule has 2 N–H and O–H groups in total. The maximum atomic E-state index is 12.0. The van der Waals surface area contributed by atoms with Gasteiger partial charge in [0, 0.05) is 12.5 Å². The SMILES string of the molecule is O=C(C=C(O)c1ncn[nH]1)c1ccc(Cc2ccsc2)o1. The molecule has 0 atom stereocenters. The number of allylic oxidation sites excluding steroid dienone is 1. The van der Waals surface area contributed by atoms with Crippen molar-refractivity contribution < 1.29 is 14.3 Å². The van der Waals surface area contributed by atoms with Gasteiger partial charge in [0.15, 0.2) is 17.3 Å². The van der Waals surface area contributed by atoms with E-state index in [9.17, 15) is 9.90 Å². The summed E-state index contributed by atoms with van der Waals surface area (Å²) in [6.07, 6.45) is 2.93. The van der Waals surface area contributed by atoms with E-state index >= 15 is 0 Å². The molecule has 0 radical (unpaired) electrons. The molecule has 0 amide bonds. The van der Waals surface area contributed by atoms with Gasteiger partial charge in [-0.25, -0.2) is 4.98 Å². The molecule has 0 aliphatic carbocycles. The Morgan fingerprint density at radius 2 is 2.33 bits per heavy atom. The number of rotatable bonds is 5. The molecular weight excluding hydrogens is 290 g/mol. The molecule has 3 rings (SSSR count). The molecule has 0 unspecified atom stereocenters. The summed E-state index contributed by atoms with van der Waals surface area (Å²) < 4.78 is 5.49. The topological polar surface area (TPSA) is 92.0 Å². The Hall–Kier alpha value is -2.67. The molecule has 0 aliphatic heterocycles. The second-order valence-electron chi connectivity index (χ2n) is 4.30. The first-order valence-corrected chi connectivity index (χ1v) is 7.07. The van der Waals surface area contributed by atoms with Crippen molar-refractivity contribution in [1.29, 1.82) is 0 Å². The van der Waals surface area contributed by atoms with Gasteiger partial charge in [-0.1, -0.05) is 0 Å². The van der Waals surface area contributed by atoms with E-state index in [-0.39, 0.29) is 17.3 Å². The van der Waals surface area contributed by atoms with Gasteiger partial charge in [-0.15, -0.1) is 0 Å². The lowest BCUT2D eigenvalue weighted by molar-refractivity contribution is 0.101. The Balaban J connectivity index is 1.74. The van der Waals surface area contributed by atoms with Crippen LogP contribution in [-0.2, 0) is 6.42 Å². The summed E-state index contributed by atoms with van der Waals surface area (Å²) in [6, 6.07) is 5.35.